The standard InChI is InChI=1S/C14H18N2O2.3C13H17N3O2.3C12H16N4O2/c1-8(2)10-5-6-12-11(7-10)13(17)16(9(3)4)14(18)15-12;1-7(2)10-5-9-11(6-14-10)15-13(18)16(8(3)4)12(9)17;1-7(2)9-5-10-11(14-6-9)15-13(18)16(8(3)4)12(10)17;1-7(2)9-5-6-10-11(14-9)12(17)16(8(3)4)13(18)15-10;1-6(2)10-13-5-8-9(15-10)11(17)16(7(3)4)12(18)14-8;1-6(2)9-5-8-10(15-14-9)13-12(18)16(7(3)4)11(8)17;1-6(2)8-5-13-10-9(14-8)11(17)16(7(3)4)12(18)15-10/h5-9H,1-4H3,(H,15,18);5-8H,1-4H3,(H,15,18);5-8H,1-4H3,(H,14,15,18);5-8H,1-4H3,(H,15,18);5-7H,1-4H3,(H,14,18);2*5-7H,1-4H3,(H,13,15,18). The number of H-pyrrole nitrogens is 7. The van der Waals surface area contributed by atoms with Crippen molar-refractivity contribution in [2.75, 3.05) is 0 Å². The van der Waals surface area contributed by atoms with E-state index in [1.54, 1.807) is 98.2 Å². The monoisotopic (exact) mass is 1730 g/mol. The number of rotatable bonds is 14. The summed E-state index contributed by atoms with van der Waals surface area (Å²) < 4.78 is 8.40. The van der Waals surface area contributed by atoms with Gasteiger partial charge in [0, 0.05) is 65.8 Å². The summed E-state index contributed by atoms with van der Waals surface area (Å²) in [7, 11) is 0. The number of hydrogen-bond acceptors (Lipinski definition) is 23. The molecule has 0 saturated carbocycles. The average molecular weight is 1730 g/mol. The molecular formula is C89H117N23O14. The molecular weight excluding hydrogens is 1620 g/mol. The van der Waals surface area contributed by atoms with E-state index in [0.717, 1.165) is 38.5 Å². The lowest BCUT2D eigenvalue weighted by Gasteiger charge is -2.11. The highest BCUT2D eigenvalue weighted by molar-refractivity contribution is 5.79. The van der Waals surface area contributed by atoms with Crippen LogP contribution < -0.4 is 78.7 Å². The molecule has 0 spiro atoms. The average Bonchev–Trinajstić information content (AvgIpc) is 0.819. The summed E-state index contributed by atoms with van der Waals surface area (Å²) >= 11 is 0. The quantitative estimate of drug-likeness (QED) is 0.0531. The number of hydrogen-bond donors (Lipinski definition) is 7. The highest BCUT2D eigenvalue weighted by Crippen LogP contribution is 2.22. The molecule has 0 aliphatic rings. The van der Waals surface area contributed by atoms with Gasteiger partial charge in [-0.15, -0.1) is 5.10 Å². The van der Waals surface area contributed by atoms with Crippen LogP contribution in [0.15, 0.2) is 140 Å². The third kappa shape index (κ3) is 22.0. The minimum Gasteiger partial charge on any atom is -0.307 e. The lowest BCUT2D eigenvalue weighted by Crippen LogP contribution is -2.37. The lowest BCUT2D eigenvalue weighted by molar-refractivity contribution is 0.550. The van der Waals surface area contributed by atoms with Gasteiger partial charge in [0.1, 0.15) is 11.5 Å². The first-order chi connectivity index (χ1) is 58.9. The molecule has 672 valence electrons. The maximum Gasteiger partial charge on any atom is 0.330 e. The maximum absolute atomic E-state index is 12.3. The Morgan fingerprint density at radius 3 is 1.02 bits per heavy atom. The smallest absolute Gasteiger partial charge is 0.307 e. The molecule has 0 saturated heterocycles. The molecule has 0 atom stereocenters. The van der Waals surface area contributed by atoms with Crippen LogP contribution in [0.2, 0.25) is 0 Å². The minimum atomic E-state index is -0.450. The van der Waals surface area contributed by atoms with E-state index < -0.39 is 28.3 Å². The van der Waals surface area contributed by atoms with E-state index in [-0.39, 0.29) is 145 Å². The number of aromatic amines is 7. The van der Waals surface area contributed by atoms with E-state index in [0.29, 0.717) is 72.4 Å². The topological polar surface area (TPSA) is 500 Å². The molecule has 0 unspecified atom stereocenters. The number of fused-ring (bicyclic) bond motifs is 7. The van der Waals surface area contributed by atoms with Gasteiger partial charge in [0.2, 0.25) is 0 Å². The zero-order valence-corrected chi connectivity index (χ0v) is 76.9. The number of nitrogens with zero attached hydrogens (tertiary/aromatic N) is 16. The number of aromatic nitrogens is 23. The largest absolute Gasteiger partial charge is 0.330 e. The molecule has 37 heteroatoms. The molecule has 1 aromatic carbocycles. The van der Waals surface area contributed by atoms with Gasteiger partial charge in [-0.3, -0.25) is 85.5 Å². The second-order valence-corrected chi connectivity index (χ2v) is 34.7. The third-order valence-corrected chi connectivity index (χ3v) is 20.3. The van der Waals surface area contributed by atoms with Crippen LogP contribution in [0, 0.1) is 0 Å². The van der Waals surface area contributed by atoms with Gasteiger partial charge in [0.25, 0.3) is 38.9 Å². The number of benzene rings is 1. The van der Waals surface area contributed by atoms with E-state index >= 15 is 0 Å². The number of nitrogens with one attached hydrogen (secondary N) is 7. The van der Waals surface area contributed by atoms with Crippen LogP contribution in [0.4, 0.5) is 0 Å². The van der Waals surface area contributed by atoms with Crippen molar-refractivity contribution in [2.45, 2.75) is 278 Å². The lowest BCUT2D eigenvalue weighted by atomic mass is 10.0. The Balaban J connectivity index is 0.000000182. The summed E-state index contributed by atoms with van der Waals surface area (Å²) in [6.45, 7) is 53.3. The van der Waals surface area contributed by atoms with Crippen molar-refractivity contribution >= 4 is 77.1 Å². The van der Waals surface area contributed by atoms with Gasteiger partial charge in [-0.05, 0) is 186 Å². The van der Waals surface area contributed by atoms with Crippen LogP contribution in [0.5, 0.6) is 0 Å². The van der Waals surface area contributed by atoms with Gasteiger partial charge in [-0.25, -0.2) is 63.5 Å². The van der Waals surface area contributed by atoms with Crippen molar-refractivity contribution < 1.29 is 0 Å². The van der Waals surface area contributed by atoms with Gasteiger partial charge in [-0.1, -0.05) is 103 Å². The van der Waals surface area contributed by atoms with Gasteiger partial charge in [0.15, 0.2) is 27.8 Å². The van der Waals surface area contributed by atoms with E-state index in [2.05, 4.69) is 93.8 Å². The van der Waals surface area contributed by atoms with E-state index in [4.69, 9.17) is 0 Å². The first kappa shape index (κ1) is 97.9. The molecule has 0 fully saturated rings. The number of pyridine rings is 3. The summed E-state index contributed by atoms with van der Waals surface area (Å²) in [6, 6.07) is 13.2. The van der Waals surface area contributed by atoms with Crippen molar-refractivity contribution in [1.82, 2.24) is 112 Å². The molecule has 14 rings (SSSR count). The van der Waals surface area contributed by atoms with Crippen LogP contribution >= 0.6 is 0 Å². The molecule has 13 aromatic heterocycles. The van der Waals surface area contributed by atoms with Crippen molar-refractivity contribution in [3.05, 3.63) is 259 Å². The van der Waals surface area contributed by atoms with Crippen molar-refractivity contribution in [1.29, 1.82) is 0 Å². The van der Waals surface area contributed by atoms with E-state index in [9.17, 15) is 67.1 Å². The van der Waals surface area contributed by atoms with E-state index in [1.807, 2.05) is 149 Å². The molecule has 0 radical (unpaired) electrons. The highest BCUT2D eigenvalue weighted by Gasteiger charge is 2.21. The van der Waals surface area contributed by atoms with Crippen molar-refractivity contribution in [3.8, 4) is 0 Å². The molecule has 0 bridgehead atoms. The third-order valence-electron chi connectivity index (χ3n) is 20.3. The summed E-state index contributed by atoms with van der Waals surface area (Å²) in [5.41, 5.74) is 3.86. The fourth-order valence-corrected chi connectivity index (χ4v) is 13.2. The van der Waals surface area contributed by atoms with Gasteiger partial charge in [-0.2, -0.15) is 5.10 Å². The molecule has 13 heterocycles. The first-order valence-electron chi connectivity index (χ1n) is 42.2. The fourth-order valence-electron chi connectivity index (χ4n) is 13.2. The Hall–Kier alpha value is -13.5. The van der Waals surface area contributed by atoms with Crippen LogP contribution in [0.25, 0.3) is 77.1 Å². The second kappa shape index (κ2) is 40.9. The van der Waals surface area contributed by atoms with Gasteiger partial charge >= 0.3 is 39.8 Å². The highest BCUT2D eigenvalue weighted by atomic mass is 16.2. The molecule has 0 aliphatic carbocycles. The van der Waals surface area contributed by atoms with Gasteiger partial charge < -0.3 is 19.9 Å². The van der Waals surface area contributed by atoms with Crippen LogP contribution in [-0.2, 0) is 0 Å². The van der Waals surface area contributed by atoms with Gasteiger partial charge in [0.05, 0.1) is 73.6 Å². The Morgan fingerprint density at radius 2 is 0.571 bits per heavy atom. The molecule has 7 N–H and O–H groups in total. The first-order valence-corrected chi connectivity index (χ1v) is 42.2. The zero-order valence-electron chi connectivity index (χ0n) is 76.9. The predicted molar refractivity (Wildman–Crippen MR) is 493 cm³/mol. The zero-order chi connectivity index (χ0) is 94.1. The SMILES string of the molecule is CC(C)c1cc2c(=O)n(C(C)C)c(=O)[nH]c2cn1.CC(C)c1cc2c(=O)n(C(C)C)c(=O)[nH]c2nn1.CC(C)c1ccc2[nH]c(=O)n(C(C)C)c(=O)c2c1.CC(C)c1ccc2[nH]c(=O)n(C(C)C)c(=O)c2n1.CC(C)c1cnc2[nH]c(=O)n(C(C)C)c(=O)c2c1.CC(C)c1cnc2[nH]c(=O)n(C(C)C)c(=O)c2n1.CC(C)c1ncc2[nH]c(=O)n(C(C)C)c(=O)c2n1. The molecule has 126 heavy (non-hydrogen) atoms. The van der Waals surface area contributed by atoms with Crippen molar-refractivity contribution in [2.24, 2.45) is 0 Å². The Morgan fingerprint density at radius 1 is 0.230 bits per heavy atom. The molecule has 14 aromatic rings. The molecule has 37 nitrogen and oxygen atoms in total. The Labute approximate surface area is 722 Å². The van der Waals surface area contributed by atoms with Crippen molar-refractivity contribution in [3.63, 3.8) is 0 Å². The van der Waals surface area contributed by atoms with Crippen LogP contribution in [0.3, 0.4) is 0 Å². The summed E-state index contributed by atoms with van der Waals surface area (Å²) in [4.78, 5) is 216. The Kier molecular flexibility index (Phi) is 31.8. The van der Waals surface area contributed by atoms with Crippen LogP contribution in [0.1, 0.15) is 317 Å². The summed E-state index contributed by atoms with van der Waals surface area (Å²) in [6.07, 6.45) is 6.33. The summed E-state index contributed by atoms with van der Waals surface area (Å²) in [5, 5.41) is 9.87. The van der Waals surface area contributed by atoms with Crippen LogP contribution in [-0.4, -0.2) is 112 Å². The summed E-state index contributed by atoms with van der Waals surface area (Å²) in [5.74, 6) is 2.23. The normalized spacial score (nSPS) is 11.7. The maximum atomic E-state index is 12.3. The van der Waals surface area contributed by atoms with E-state index in [1.165, 1.54) is 33.6 Å². The second-order valence-electron chi connectivity index (χ2n) is 34.7. The predicted octanol–water partition coefficient (Wildman–Crippen LogP) is 11.3. The molecule has 0 amide bonds. The minimum absolute atomic E-state index is 0.133. The Bertz CT molecular complexity index is 6080. The molecule has 0 aliphatic heterocycles. The fraction of sp³-hybridized carbons (Fsp3) is 0.472.